The number of aromatic nitrogens is 3. The summed E-state index contributed by atoms with van der Waals surface area (Å²) in [6.45, 7) is 5.89. The zero-order chi connectivity index (χ0) is 14.0. The Bertz CT molecular complexity index is 604. The summed E-state index contributed by atoms with van der Waals surface area (Å²) in [5.41, 5.74) is 2.50. The van der Waals surface area contributed by atoms with Gasteiger partial charge in [-0.15, -0.1) is 0 Å². The first kappa shape index (κ1) is 13.1. The van der Waals surface area contributed by atoms with Crippen LogP contribution in [-0.2, 0) is 0 Å². The maximum atomic E-state index is 10.9. The van der Waals surface area contributed by atoms with E-state index in [9.17, 15) is 4.79 Å². The van der Waals surface area contributed by atoms with E-state index in [2.05, 4.69) is 20.3 Å². The van der Waals surface area contributed by atoms with Gasteiger partial charge >= 0.3 is 5.97 Å². The van der Waals surface area contributed by atoms with Crippen LogP contribution in [0.4, 0.5) is 5.95 Å². The lowest BCUT2D eigenvalue weighted by Gasteiger charge is -2.10. The Morgan fingerprint density at radius 1 is 1.47 bits per heavy atom. The lowest BCUT2D eigenvalue weighted by Crippen LogP contribution is -2.12. The molecule has 0 aromatic carbocycles. The van der Waals surface area contributed by atoms with E-state index in [0.29, 0.717) is 5.95 Å². The molecule has 0 radical (unpaired) electrons. The second-order valence-electron chi connectivity index (χ2n) is 4.63. The summed E-state index contributed by atoms with van der Waals surface area (Å²) in [5, 5.41) is 12.0. The molecule has 0 unspecified atom stereocenters. The van der Waals surface area contributed by atoms with Crippen LogP contribution in [0, 0.1) is 6.92 Å². The van der Waals surface area contributed by atoms with E-state index in [1.165, 1.54) is 0 Å². The number of hydrogen-bond acceptors (Lipinski definition) is 4. The van der Waals surface area contributed by atoms with Gasteiger partial charge in [-0.05, 0) is 32.4 Å². The first-order valence-electron chi connectivity index (χ1n) is 5.99. The van der Waals surface area contributed by atoms with Crippen molar-refractivity contribution < 1.29 is 9.90 Å². The molecule has 6 heteroatoms. The van der Waals surface area contributed by atoms with E-state index in [1.54, 1.807) is 18.5 Å². The number of nitrogens with zero attached hydrogens (tertiary/aromatic N) is 2. The molecule has 0 aliphatic rings. The first-order chi connectivity index (χ1) is 8.97. The Morgan fingerprint density at radius 2 is 2.21 bits per heavy atom. The monoisotopic (exact) mass is 260 g/mol. The van der Waals surface area contributed by atoms with E-state index in [4.69, 9.17) is 5.11 Å². The number of aryl methyl sites for hydroxylation is 1. The molecule has 100 valence electrons. The number of carbonyl (C=O) groups is 1. The summed E-state index contributed by atoms with van der Waals surface area (Å²) in [7, 11) is 0. The second-order valence-corrected chi connectivity index (χ2v) is 4.63. The van der Waals surface area contributed by atoms with Crippen LogP contribution in [0.3, 0.4) is 0 Å². The number of aromatic carboxylic acids is 1. The van der Waals surface area contributed by atoms with E-state index in [1.807, 2.05) is 20.8 Å². The van der Waals surface area contributed by atoms with Crippen molar-refractivity contribution in [1.82, 2.24) is 15.0 Å². The Morgan fingerprint density at radius 3 is 2.79 bits per heavy atom. The highest BCUT2D eigenvalue weighted by Gasteiger charge is 2.12. The largest absolute Gasteiger partial charge is 0.477 e. The van der Waals surface area contributed by atoms with Crippen molar-refractivity contribution in [1.29, 1.82) is 0 Å². The second kappa shape index (κ2) is 5.09. The Labute approximate surface area is 110 Å². The molecule has 0 fully saturated rings. The molecule has 0 saturated heterocycles. The van der Waals surface area contributed by atoms with Crippen molar-refractivity contribution >= 4 is 11.9 Å². The quantitative estimate of drug-likeness (QED) is 0.784. The van der Waals surface area contributed by atoms with Gasteiger partial charge in [0, 0.05) is 24.0 Å². The highest BCUT2D eigenvalue weighted by molar-refractivity contribution is 5.87. The lowest BCUT2D eigenvalue weighted by atomic mass is 10.1. The average molecular weight is 260 g/mol. The van der Waals surface area contributed by atoms with Gasteiger partial charge in [-0.2, -0.15) is 0 Å². The van der Waals surface area contributed by atoms with Gasteiger partial charge in [0.25, 0.3) is 0 Å². The molecule has 0 saturated carbocycles. The minimum Gasteiger partial charge on any atom is -0.477 e. The number of H-pyrrole nitrogens is 1. The molecule has 0 spiro atoms. The maximum absolute atomic E-state index is 10.9. The number of hydrogen-bond donors (Lipinski definition) is 3. The van der Waals surface area contributed by atoms with Gasteiger partial charge in [0.15, 0.2) is 0 Å². The predicted octanol–water partition coefficient (Wildman–Crippen LogP) is 2.30. The molecule has 0 atom stereocenters. The molecule has 0 bridgehead atoms. The summed E-state index contributed by atoms with van der Waals surface area (Å²) in [6.07, 6.45) is 3.36. The van der Waals surface area contributed by atoms with Crippen LogP contribution in [0.15, 0.2) is 18.5 Å². The van der Waals surface area contributed by atoms with E-state index >= 15 is 0 Å². The Hall–Kier alpha value is -2.37. The maximum Gasteiger partial charge on any atom is 0.352 e. The Balaban J connectivity index is 2.39. The molecule has 2 rings (SSSR count). The van der Waals surface area contributed by atoms with Crippen LogP contribution >= 0.6 is 0 Å². The van der Waals surface area contributed by atoms with Crippen LogP contribution in [0.2, 0.25) is 0 Å². The topological polar surface area (TPSA) is 90.9 Å². The zero-order valence-electron chi connectivity index (χ0n) is 11.1. The van der Waals surface area contributed by atoms with Gasteiger partial charge in [-0.3, -0.25) is 0 Å². The normalized spacial score (nSPS) is 10.7. The molecule has 0 amide bonds. The highest BCUT2D eigenvalue weighted by atomic mass is 16.4. The Kier molecular flexibility index (Phi) is 3.50. The SMILES string of the molecule is Cc1cnc(NC(C)C)nc1-c1c[nH]c(C(=O)O)c1. The molecule has 2 aromatic heterocycles. The van der Waals surface area contributed by atoms with Crippen LogP contribution in [0.5, 0.6) is 0 Å². The molecular formula is C13H16N4O2. The average Bonchev–Trinajstić information content (AvgIpc) is 2.80. The summed E-state index contributed by atoms with van der Waals surface area (Å²) >= 11 is 0. The molecule has 6 nitrogen and oxygen atoms in total. The highest BCUT2D eigenvalue weighted by Crippen LogP contribution is 2.22. The minimum absolute atomic E-state index is 0.145. The molecule has 0 aliphatic carbocycles. The third-order valence-electron chi connectivity index (χ3n) is 2.58. The number of rotatable bonds is 4. The van der Waals surface area contributed by atoms with Gasteiger partial charge in [-0.1, -0.05) is 0 Å². The predicted molar refractivity (Wildman–Crippen MR) is 72.3 cm³/mol. The van der Waals surface area contributed by atoms with Gasteiger partial charge in [0.2, 0.25) is 5.95 Å². The molecule has 2 heterocycles. The molecule has 2 aromatic rings. The van der Waals surface area contributed by atoms with Gasteiger partial charge in [0.1, 0.15) is 5.69 Å². The van der Waals surface area contributed by atoms with Crippen molar-refractivity contribution in [2.75, 3.05) is 5.32 Å². The first-order valence-corrected chi connectivity index (χ1v) is 5.99. The standard InChI is InChI=1S/C13H16N4O2/c1-7(2)16-13-15-5-8(3)11(17-13)9-4-10(12(18)19)14-6-9/h4-7,14H,1-3H3,(H,18,19)(H,15,16,17). The lowest BCUT2D eigenvalue weighted by molar-refractivity contribution is 0.0691. The van der Waals surface area contributed by atoms with Crippen LogP contribution in [-0.4, -0.2) is 32.1 Å². The number of carboxylic acid groups (broad SMARTS) is 1. The van der Waals surface area contributed by atoms with Crippen LogP contribution < -0.4 is 5.32 Å². The van der Waals surface area contributed by atoms with Crippen molar-refractivity contribution in [2.24, 2.45) is 0 Å². The number of anilines is 1. The van der Waals surface area contributed by atoms with Gasteiger partial charge in [-0.25, -0.2) is 14.8 Å². The van der Waals surface area contributed by atoms with Crippen molar-refractivity contribution in [2.45, 2.75) is 26.8 Å². The van der Waals surface area contributed by atoms with Gasteiger partial charge < -0.3 is 15.4 Å². The van der Waals surface area contributed by atoms with Crippen LogP contribution in [0.25, 0.3) is 11.3 Å². The van der Waals surface area contributed by atoms with Crippen molar-refractivity contribution in [3.8, 4) is 11.3 Å². The summed E-state index contributed by atoms with van der Waals surface area (Å²) in [6, 6.07) is 1.80. The zero-order valence-corrected chi connectivity index (χ0v) is 11.1. The summed E-state index contributed by atoms with van der Waals surface area (Å²) in [5.74, 6) is -0.452. The molecule has 19 heavy (non-hydrogen) atoms. The van der Waals surface area contributed by atoms with E-state index in [-0.39, 0.29) is 11.7 Å². The molecule has 0 aliphatic heterocycles. The number of nitrogens with one attached hydrogen (secondary N) is 2. The molecular weight excluding hydrogens is 244 g/mol. The summed E-state index contributed by atoms with van der Waals surface area (Å²) in [4.78, 5) is 22.2. The number of aromatic amines is 1. The van der Waals surface area contributed by atoms with Gasteiger partial charge in [0.05, 0.1) is 5.69 Å². The smallest absolute Gasteiger partial charge is 0.352 e. The van der Waals surface area contributed by atoms with Crippen molar-refractivity contribution in [3.63, 3.8) is 0 Å². The third kappa shape index (κ3) is 2.90. The van der Waals surface area contributed by atoms with E-state index < -0.39 is 5.97 Å². The molecule has 3 N–H and O–H groups in total. The van der Waals surface area contributed by atoms with E-state index in [0.717, 1.165) is 16.8 Å². The minimum atomic E-state index is -0.988. The summed E-state index contributed by atoms with van der Waals surface area (Å²) < 4.78 is 0. The fourth-order valence-corrected chi connectivity index (χ4v) is 1.72. The third-order valence-corrected chi connectivity index (χ3v) is 2.58. The number of carboxylic acids is 1. The van der Waals surface area contributed by atoms with Crippen molar-refractivity contribution in [3.05, 3.63) is 29.7 Å². The van der Waals surface area contributed by atoms with Crippen LogP contribution in [0.1, 0.15) is 29.9 Å². The fourth-order valence-electron chi connectivity index (χ4n) is 1.72. The fraction of sp³-hybridized carbons (Fsp3) is 0.308.